The molecule has 0 aliphatic carbocycles. The van der Waals surface area contributed by atoms with Crippen LogP contribution in [0.15, 0.2) is 29.2 Å². The first-order valence-corrected chi connectivity index (χ1v) is 7.46. The van der Waals surface area contributed by atoms with Crippen LogP contribution in [0.4, 0.5) is 5.69 Å². The summed E-state index contributed by atoms with van der Waals surface area (Å²) in [7, 11) is -2.74. The lowest BCUT2D eigenvalue weighted by Gasteiger charge is -2.09. The van der Waals surface area contributed by atoms with Gasteiger partial charge < -0.3 is 0 Å². The van der Waals surface area contributed by atoms with E-state index in [0.717, 1.165) is 0 Å². The Morgan fingerprint density at radius 2 is 2.00 bits per heavy atom. The van der Waals surface area contributed by atoms with E-state index in [1.807, 2.05) is 13.8 Å². The van der Waals surface area contributed by atoms with Crippen LogP contribution in [0.5, 0.6) is 0 Å². The van der Waals surface area contributed by atoms with Crippen LogP contribution in [0.3, 0.4) is 0 Å². The van der Waals surface area contributed by atoms with Gasteiger partial charge >= 0.3 is 0 Å². The van der Waals surface area contributed by atoms with Crippen LogP contribution in [0.1, 0.15) is 13.8 Å². The highest BCUT2D eigenvalue weighted by Crippen LogP contribution is 2.25. The Morgan fingerprint density at radius 1 is 1.44 bits per heavy atom. The predicted octanol–water partition coefficient (Wildman–Crippen LogP) is 2.36. The molecule has 0 heterocycles. The number of benzene rings is 1. The molecular weight excluding hydrogens is 246 g/mol. The molecule has 0 spiro atoms. The van der Waals surface area contributed by atoms with E-state index in [-0.39, 0.29) is 22.3 Å². The lowest BCUT2D eigenvalue weighted by atomic mass is 10.3. The Bertz CT molecular complexity index is 495. The Hall–Kier alpha value is -1.01. The molecule has 0 N–H and O–H groups in total. The highest BCUT2D eigenvalue weighted by Gasteiger charge is 2.22. The van der Waals surface area contributed by atoms with Crippen LogP contribution in [0.2, 0.25) is 0 Å². The molecule has 1 aromatic carbocycles. The van der Waals surface area contributed by atoms with Crippen LogP contribution in [-0.2, 0) is 19.7 Å². The van der Waals surface area contributed by atoms with Gasteiger partial charge in [-0.2, -0.15) is 0 Å². The maximum Gasteiger partial charge on any atom is 0.285 e. The first-order valence-electron chi connectivity index (χ1n) is 4.81. The fourth-order valence-electron chi connectivity index (χ4n) is 1.40. The number of nitro groups is 1. The molecule has 88 valence electrons. The summed E-state index contributed by atoms with van der Waals surface area (Å²) in [4.78, 5) is 10.4. The minimum atomic E-state index is -2.74. The van der Waals surface area contributed by atoms with Gasteiger partial charge in [-0.25, -0.2) is 0 Å². The molecule has 0 aliphatic rings. The van der Waals surface area contributed by atoms with Crippen molar-refractivity contribution in [2.75, 3.05) is 5.75 Å². The molecule has 1 atom stereocenters. The molecule has 0 saturated carbocycles. The van der Waals surface area contributed by atoms with E-state index in [4.69, 9.17) is 11.2 Å². The van der Waals surface area contributed by atoms with E-state index < -0.39 is 13.4 Å². The largest absolute Gasteiger partial charge is 0.285 e. The molecule has 0 aliphatic heterocycles. The van der Waals surface area contributed by atoms with Crippen molar-refractivity contribution in [3.05, 3.63) is 34.4 Å². The Kier molecular flexibility index (Phi) is 3.98. The van der Waals surface area contributed by atoms with Crippen LogP contribution in [0.25, 0.3) is 0 Å². The van der Waals surface area contributed by atoms with Gasteiger partial charge in [0.15, 0.2) is 0 Å². The zero-order chi connectivity index (χ0) is 12.3. The monoisotopic (exact) mass is 259 g/mol. The fourth-order valence-corrected chi connectivity index (χ4v) is 4.44. The van der Waals surface area contributed by atoms with Crippen LogP contribution in [-0.4, -0.2) is 14.9 Å². The van der Waals surface area contributed by atoms with E-state index in [0.29, 0.717) is 0 Å². The second-order valence-corrected chi connectivity index (χ2v) is 7.52. The van der Waals surface area contributed by atoms with Crippen molar-refractivity contribution in [3.8, 4) is 0 Å². The fraction of sp³-hybridized carbons (Fsp3) is 0.400. The average Bonchev–Trinajstić information content (AvgIpc) is 2.15. The van der Waals surface area contributed by atoms with Crippen molar-refractivity contribution >= 4 is 25.4 Å². The van der Waals surface area contributed by atoms with Gasteiger partial charge in [0.2, 0.25) is 0 Å². The highest BCUT2D eigenvalue weighted by atomic mass is 32.8. The Morgan fingerprint density at radius 3 is 2.50 bits per heavy atom. The molecule has 16 heavy (non-hydrogen) atoms. The number of nitro benzene ring substituents is 1. The predicted molar refractivity (Wildman–Crippen MR) is 66.6 cm³/mol. The molecular formula is C10H13NO3S2. The van der Waals surface area contributed by atoms with Gasteiger partial charge in [-0.15, -0.1) is 0 Å². The van der Waals surface area contributed by atoms with Crippen molar-refractivity contribution in [1.29, 1.82) is 0 Å². The SMILES string of the molecule is CC(C)CS(=O)(=S)c1ccccc1[N+](=O)[O-]. The van der Waals surface area contributed by atoms with Gasteiger partial charge in [0.1, 0.15) is 4.90 Å². The molecule has 1 unspecified atom stereocenters. The topological polar surface area (TPSA) is 60.2 Å². The van der Waals surface area contributed by atoms with Gasteiger partial charge in [0.05, 0.1) is 13.4 Å². The lowest BCUT2D eigenvalue weighted by molar-refractivity contribution is -0.387. The van der Waals surface area contributed by atoms with Crippen molar-refractivity contribution in [1.82, 2.24) is 0 Å². The van der Waals surface area contributed by atoms with Gasteiger partial charge in [0.25, 0.3) is 5.69 Å². The van der Waals surface area contributed by atoms with Crippen molar-refractivity contribution < 1.29 is 9.13 Å². The minimum absolute atomic E-state index is 0.143. The maximum absolute atomic E-state index is 12.2. The zero-order valence-corrected chi connectivity index (χ0v) is 10.7. The van der Waals surface area contributed by atoms with Gasteiger partial charge in [0, 0.05) is 11.8 Å². The Balaban J connectivity index is 3.28. The number of para-hydroxylation sites is 1. The zero-order valence-electron chi connectivity index (χ0n) is 9.08. The summed E-state index contributed by atoms with van der Waals surface area (Å²) in [6.45, 7) is 3.78. The quantitative estimate of drug-likeness (QED) is 0.615. The smallest absolute Gasteiger partial charge is 0.258 e. The van der Waals surface area contributed by atoms with Crippen molar-refractivity contribution in [2.24, 2.45) is 5.92 Å². The summed E-state index contributed by atoms with van der Waals surface area (Å²) in [6.07, 6.45) is 0. The summed E-state index contributed by atoms with van der Waals surface area (Å²) < 4.78 is 12.2. The van der Waals surface area contributed by atoms with E-state index in [9.17, 15) is 14.3 Å². The third kappa shape index (κ3) is 2.99. The normalized spacial score (nSPS) is 14.7. The van der Waals surface area contributed by atoms with E-state index in [1.165, 1.54) is 12.1 Å². The van der Waals surface area contributed by atoms with Gasteiger partial charge in [-0.05, 0) is 23.2 Å². The first-order chi connectivity index (χ1) is 7.34. The standard InChI is InChI=1S/C10H13NO3S2/c1-8(2)7-16(14,15)10-6-4-3-5-9(10)11(12)13/h3-6,8H,7H2,1-2H3. The molecule has 1 rings (SSSR count). The third-order valence-electron chi connectivity index (χ3n) is 1.95. The van der Waals surface area contributed by atoms with E-state index >= 15 is 0 Å². The van der Waals surface area contributed by atoms with Gasteiger partial charge in [-0.3, -0.25) is 14.3 Å². The summed E-state index contributed by atoms with van der Waals surface area (Å²) in [5.41, 5.74) is -0.150. The van der Waals surface area contributed by atoms with Crippen LogP contribution >= 0.6 is 0 Å². The summed E-state index contributed by atoms with van der Waals surface area (Å²) >= 11 is 5.02. The number of hydrogen-bond acceptors (Lipinski definition) is 4. The van der Waals surface area contributed by atoms with Crippen molar-refractivity contribution in [3.63, 3.8) is 0 Å². The lowest BCUT2D eigenvalue weighted by Crippen LogP contribution is -2.12. The molecule has 0 saturated heterocycles. The molecule has 4 nitrogen and oxygen atoms in total. The van der Waals surface area contributed by atoms with Crippen LogP contribution in [0, 0.1) is 16.0 Å². The van der Waals surface area contributed by atoms with E-state index in [2.05, 4.69) is 0 Å². The minimum Gasteiger partial charge on any atom is -0.258 e. The average molecular weight is 259 g/mol. The molecule has 0 amide bonds. The maximum atomic E-state index is 12.2. The number of rotatable bonds is 4. The summed E-state index contributed by atoms with van der Waals surface area (Å²) in [6, 6.07) is 5.98. The summed E-state index contributed by atoms with van der Waals surface area (Å²) in [5, 5.41) is 10.8. The third-order valence-corrected chi connectivity index (χ3v) is 5.02. The molecule has 0 fully saturated rings. The molecule has 1 aromatic rings. The molecule has 0 bridgehead atoms. The second kappa shape index (κ2) is 4.88. The highest BCUT2D eigenvalue weighted by molar-refractivity contribution is 8.33. The van der Waals surface area contributed by atoms with Gasteiger partial charge in [-0.1, -0.05) is 26.0 Å². The van der Waals surface area contributed by atoms with Crippen molar-refractivity contribution in [2.45, 2.75) is 18.7 Å². The van der Waals surface area contributed by atoms with Crippen LogP contribution < -0.4 is 0 Å². The Labute approximate surface area is 99.5 Å². The molecule has 0 aromatic heterocycles. The number of nitrogens with zero attached hydrogens (tertiary/aromatic N) is 1. The molecule has 0 radical (unpaired) electrons. The second-order valence-electron chi connectivity index (χ2n) is 3.90. The first kappa shape index (κ1) is 13.1. The van der Waals surface area contributed by atoms with E-state index in [1.54, 1.807) is 12.1 Å². The molecule has 6 heteroatoms. The number of hydrogen-bond donors (Lipinski definition) is 0. The summed E-state index contributed by atoms with van der Waals surface area (Å²) in [5.74, 6) is 0.428.